The van der Waals surface area contributed by atoms with Crippen LogP contribution in [0.15, 0.2) is 18.3 Å². The van der Waals surface area contributed by atoms with E-state index in [9.17, 15) is 4.79 Å². The van der Waals surface area contributed by atoms with E-state index in [0.29, 0.717) is 18.1 Å². The summed E-state index contributed by atoms with van der Waals surface area (Å²) in [6, 6.07) is 6.53. The molecule has 1 saturated carbocycles. The fourth-order valence-electron chi connectivity index (χ4n) is 5.40. The van der Waals surface area contributed by atoms with Gasteiger partial charge in [0.2, 0.25) is 0 Å². The van der Waals surface area contributed by atoms with Gasteiger partial charge in [0, 0.05) is 62.6 Å². The molecule has 7 heteroatoms. The van der Waals surface area contributed by atoms with Crippen molar-refractivity contribution in [3.05, 3.63) is 18.3 Å². The zero-order valence-electron chi connectivity index (χ0n) is 16.7. The van der Waals surface area contributed by atoms with E-state index in [2.05, 4.69) is 20.1 Å². The first-order valence-electron chi connectivity index (χ1n) is 10.8. The Morgan fingerprint density at radius 2 is 1.75 bits per heavy atom. The second-order valence-corrected chi connectivity index (χ2v) is 8.71. The molecular formula is C21H31N5O2. The van der Waals surface area contributed by atoms with Crippen molar-refractivity contribution in [1.29, 1.82) is 0 Å². The Hall–Kier alpha value is -2.02. The van der Waals surface area contributed by atoms with Gasteiger partial charge in [0.15, 0.2) is 0 Å². The molecule has 1 aliphatic carbocycles. The van der Waals surface area contributed by atoms with Crippen LogP contribution >= 0.6 is 0 Å². The third-order valence-corrected chi connectivity index (χ3v) is 6.93. The van der Waals surface area contributed by atoms with E-state index in [4.69, 9.17) is 4.74 Å². The lowest BCUT2D eigenvalue weighted by Gasteiger charge is -2.41. The normalized spacial score (nSPS) is 30.4. The molecule has 4 aliphatic rings. The molecule has 0 spiro atoms. The lowest BCUT2D eigenvalue weighted by molar-refractivity contribution is 0.107. The van der Waals surface area contributed by atoms with Gasteiger partial charge in [0.1, 0.15) is 11.6 Å². The summed E-state index contributed by atoms with van der Waals surface area (Å²) < 4.78 is 5.29. The molecule has 1 N–H and O–H groups in total. The molecule has 2 bridgehead atoms. The van der Waals surface area contributed by atoms with Crippen LogP contribution in [0.5, 0.6) is 5.75 Å². The number of aromatic nitrogens is 1. The van der Waals surface area contributed by atoms with Crippen LogP contribution in [0.4, 0.5) is 10.6 Å². The molecule has 0 radical (unpaired) electrons. The van der Waals surface area contributed by atoms with E-state index in [1.54, 1.807) is 13.3 Å². The summed E-state index contributed by atoms with van der Waals surface area (Å²) in [5.41, 5.74) is 0. The quantitative estimate of drug-likeness (QED) is 0.860. The molecule has 1 aromatic heterocycles. The maximum absolute atomic E-state index is 12.8. The number of piperidine rings is 1. The maximum atomic E-state index is 12.8. The number of piperazine rings is 1. The summed E-state index contributed by atoms with van der Waals surface area (Å²) in [5.74, 6) is 1.74. The summed E-state index contributed by atoms with van der Waals surface area (Å²) >= 11 is 0. The SMILES string of the molecule is COc1ccnc(N2CCN(C(=O)NC3CC4CCC(C3)N4C3CC3)CC2)c1. The number of rotatable bonds is 4. The predicted octanol–water partition coefficient (Wildman–Crippen LogP) is 2.08. The van der Waals surface area contributed by atoms with Gasteiger partial charge in [0.05, 0.1) is 7.11 Å². The summed E-state index contributed by atoms with van der Waals surface area (Å²) in [5, 5.41) is 3.35. The van der Waals surface area contributed by atoms with Crippen molar-refractivity contribution in [2.45, 2.75) is 62.7 Å². The van der Waals surface area contributed by atoms with Crippen molar-refractivity contribution in [3.63, 3.8) is 0 Å². The number of nitrogens with one attached hydrogen (secondary N) is 1. The highest BCUT2D eigenvalue weighted by Gasteiger charge is 2.47. The summed E-state index contributed by atoms with van der Waals surface area (Å²) in [7, 11) is 1.67. The van der Waals surface area contributed by atoms with Crippen LogP contribution in [0.1, 0.15) is 38.5 Å². The largest absolute Gasteiger partial charge is 0.497 e. The van der Waals surface area contributed by atoms with Gasteiger partial charge in [0.25, 0.3) is 0 Å². The van der Waals surface area contributed by atoms with Gasteiger partial charge in [-0.2, -0.15) is 0 Å². The first-order valence-corrected chi connectivity index (χ1v) is 10.8. The number of urea groups is 1. The number of methoxy groups -OCH3 is 1. The second kappa shape index (κ2) is 7.43. The van der Waals surface area contributed by atoms with E-state index < -0.39 is 0 Å². The Morgan fingerprint density at radius 1 is 1.07 bits per heavy atom. The van der Waals surface area contributed by atoms with E-state index >= 15 is 0 Å². The molecule has 3 saturated heterocycles. The zero-order chi connectivity index (χ0) is 19.1. The number of ether oxygens (including phenoxy) is 1. The Kier molecular flexibility index (Phi) is 4.78. The average Bonchev–Trinajstić information content (AvgIpc) is 3.53. The third-order valence-electron chi connectivity index (χ3n) is 6.93. The molecule has 7 nitrogen and oxygen atoms in total. The third kappa shape index (κ3) is 3.52. The number of fused-ring (bicyclic) bond motifs is 2. The number of pyridine rings is 1. The van der Waals surface area contributed by atoms with Crippen molar-refractivity contribution in [2.75, 3.05) is 38.2 Å². The van der Waals surface area contributed by atoms with Crippen LogP contribution < -0.4 is 15.0 Å². The Morgan fingerprint density at radius 3 is 2.39 bits per heavy atom. The van der Waals surface area contributed by atoms with Gasteiger partial charge in [-0.15, -0.1) is 0 Å². The van der Waals surface area contributed by atoms with Crippen molar-refractivity contribution in [3.8, 4) is 5.75 Å². The molecule has 4 heterocycles. The highest BCUT2D eigenvalue weighted by Crippen LogP contribution is 2.43. The monoisotopic (exact) mass is 385 g/mol. The van der Waals surface area contributed by atoms with E-state index in [-0.39, 0.29) is 6.03 Å². The van der Waals surface area contributed by atoms with Crippen LogP contribution in [-0.2, 0) is 0 Å². The number of carbonyl (C=O) groups is 1. The van der Waals surface area contributed by atoms with Crippen molar-refractivity contribution < 1.29 is 9.53 Å². The molecule has 4 fully saturated rings. The molecule has 3 aliphatic heterocycles. The molecule has 1 aromatic rings. The fraction of sp³-hybridized carbons (Fsp3) is 0.714. The Labute approximate surface area is 167 Å². The van der Waals surface area contributed by atoms with Gasteiger partial charge in [-0.1, -0.05) is 0 Å². The molecule has 2 atom stereocenters. The maximum Gasteiger partial charge on any atom is 0.317 e. The highest BCUT2D eigenvalue weighted by atomic mass is 16.5. The summed E-state index contributed by atoms with van der Waals surface area (Å²) in [6.45, 7) is 3.08. The van der Waals surface area contributed by atoms with Crippen molar-refractivity contribution >= 4 is 11.8 Å². The van der Waals surface area contributed by atoms with E-state index in [1.807, 2.05) is 17.0 Å². The molecule has 2 unspecified atom stereocenters. The van der Waals surface area contributed by atoms with Crippen LogP contribution in [0.2, 0.25) is 0 Å². The van der Waals surface area contributed by atoms with Crippen LogP contribution in [0.25, 0.3) is 0 Å². The minimum Gasteiger partial charge on any atom is -0.497 e. The molecule has 152 valence electrons. The van der Waals surface area contributed by atoms with Crippen molar-refractivity contribution in [2.24, 2.45) is 0 Å². The predicted molar refractivity (Wildman–Crippen MR) is 108 cm³/mol. The number of carbonyl (C=O) groups excluding carboxylic acids is 1. The lowest BCUT2D eigenvalue weighted by Crippen LogP contribution is -2.56. The standard InChI is InChI=1S/C21H31N5O2/c1-28-19-6-7-22-20(14-19)24-8-10-25(11-9-24)21(27)23-15-12-17-4-5-18(13-15)26(17)16-2-3-16/h6-7,14-18H,2-5,8-13H2,1H3,(H,23,27). The highest BCUT2D eigenvalue weighted by molar-refractivity contribution is 5.75. The number of anilines is 1. The summed E-state index contributed by atoms with van der Waals surface area (Å²) in [6.07, 6.45) is 9.45. The minimum atomic E-state index is 0.113. The molecule has 2 amide bonds. The smallest absolute Gasteiger partial charge is 0.317 e. The number of hydrogen-bond donors (Lipinski definition) is 1. The first-order chi connectivity index (χ1) is 13.7. The molecular weight excluding hydrogens is 354 g/mol. The van der Waals surface area contributed by atoms with Crippen LogP contribution in [-0.4, -0.2) is 78.3 Å². The zero-order valence-corrected chi connectivity index (χ0v) is 16.7. The number of amides is 2. The molecule has 0 aromatic carbocycles. The Bertz CT molecular complexity index is 703. The fourth-order valence-corrected chi connectivity index (χ4v) is 5.40. The number of hydrogen-bond acceptors (Lipinski definition) is 5. The molecule has 28 heavy (non-hydrogen) atoms. The van der Waals surface area contributed by atoms with Crippen LogP contribution in [0.3, 0.4) is 0 Å². The van der Waals surface area contributed by atoms with Crippen molar-refractivity contribution in [1.82, 2.24) is 20.1 Å². The lowest BCUT2D eigenvalue weighted by atomic mass is 9.97. The summed E-state index contributed by atoms with van der Waals surface area (Å²) in [4.78, 5) is 24.2. The second-order valence-electron chi connectivity index (χ2n) is 8.71. The number of nitrogens with zero attached hydrogens (tertiary/aromatic N) is 4. The Balaban J connectivity index is 1.12. The minimum absolute atomic E-state index is 0.113. The van der Waals surface area contributed by atoms with Gasteiger partial charge in [-0.05, 0) is 44.6 Å². The van der Waals surface area contributed by atoms with E-state index in [1.165, 1.54) is 25.7 Å². The van der Waals surface area contributed by atoms with Gasteiger partial charge in [-0.25, -0.2) is 9.78 Å². The van der Waals surface area contributed by atoms with E-state index in [0.717, 1.165) is 56.6 Å². The van der Waals surface area contributed by atoms with Gasteiger partial charge >= 0.3 is 6.03 Å². The molecule has 5 rings (SSSR count). The van der Waals surface area contributed by atoms with Gasteiger partial charge in [-0.3, -0.25) is 4.90 Å². The first kappa shape index (κ1) is 18.0. The average molecular weight is 386 g/mol. The van der Waals surface area contributed by atoms with Crippen LogP contribution in [0, 0.1) is 0 Å². The van der Waals surface area contributed by atoms with Gasteiger partial charge < -0.3 is 19.9 Å². The topological polar surface area (TPSA) is 60.9 Å².